The number of carboxylic acid groups (broad SMARTS) is 1. The molecule has 0 aromatic heterocycles. The van der Waals surface area contributed by atoms with Crippen molar-refractivity contribution >= 4 is 11.9 Å². The maximum atomic E-state index is 12.7. The fourth-order valence-electron chi connectivity index (χ4n) is 4.08. The van der Waals surface area contributed by atoms with Gasteiger partial charge in [0.25, 0.3) is 0 Å². The number of aliphatic carboxylic acids is 1. The number of carbonyl (C=O) groups is 2. The number of aromatic hydroxyl groups is 2. The van der Waals surface area contributed by atoms with Crippen LogP contribution in [0, 0.1) is 5.92 Å². The number of hydrogen-bond donors (Lipinski definition) is 3. The van der Waals surface area contributed by atoms with Gasteiger partial charge in [-0.25, -0.2) is 4.79 Å². The number of carboxylic acids is 1. The molecule has 1 spiro atoms. The second-order valence-electron chi connectivity index (χ2n) is 6.91. The van der Waals surface area contributed by atoms with E-state index in [1.165, 1.54) is 30.3 Å². The van der Waals surface area contributed by atoms with E-state index in [9.17, 15) is 24.9 Å². The van der Waals surface area contributed by atoms with Crippen molar-refractivity contribution in [1.82, 2.24) is 0 Å². The van der Waals surface area contributed by atoms with E-state index in [2.05, 4.69) is 0 Å². The standard InChI is InChI=1S/C21H14O7/c22-11-2-5-15-17(8-11)27-18-9-12(23)3-6-16(18)21(15)14-4-1-10(19(24)25)7-13(14)20(26)28-21/h2-10,22-23H,1H2,(H,24,25). The Bertz CT molecular complexity index is 1070. The van der Waals surface area contributed by atoms with Crippen molar-refractivity contribution in [1.29, 1.82) is 0 Å². The van der Waals surface area contributed by atoms with E-state index in [1.807, 2.05) is 0 Å². The van der Waals surface area contributed by atoms with Crippen LogP contribution in [-0.4, -0.2) is 27.3 Å². The Hall–Kier alpha value is -3.74. The van der Waals surface area contributed by atoms with Crippen molar-refractivity contribution in [3.05, 3.63) is 70.8 Å². The maximum Gasteiger partial charge on any atom is 0.339 e. The molecule has 2 aromatic rings. The smallest absolute Gasteiger partial charge is 0.339 e. The van der Waals surface area contributed by atoms with Gasteiger partial charge < -0.3 is 24.8 Å². The van der Waals surface area contributed by atoms with Crippen LogP contribution < -0.4 is 4.74 Å². The third-order valence-corrected chi connectivity index (χ3v) is 5.31. The molecule has 0 saturated carbocycles. The first kappa shape index (κ1) is 16.4. The van der Waals surface area contributed by atoms with Crippen molar-refractivity contribution in [2.24, 2.45) is 5.92 Å². The van der Waals surface area contributed by atoms with Crippen LogP contribution in [0.25, 0.3) is 0 Å². The highest BCUT2D eigenvalue weighted by molar-refractivity contribution is 6.01. The maximum absolute atomic E-state index is 12.7. The lowest BCUT2D eigenvalue weighted by atomic mass is 9.74. The van der Waals surface area contributed by atoms with Gasteiger partial charge in [0.05, 0.1) is 11.5 Å². The topological polar surface area (TPSA) is 113 Å². The van der Waals surface area contributed by atoms with E-state index in [0.29, 0.717) is 16.7 Å². The lowest BCUT2D eigenvalue weighted by Crippen LogP contribution is -2.33. The van der Waals surface area contributed by atoms with Crippen LogP contribution in [0.5, 0.6) is 23.0 Å². The molecule has 1 atom stereocenters. The number of esters is 1. The van der Waals surface area contributed by atoms with Crippen molar-refractivity contribution < 1.29 is 34.4 Å². The van der Waals surface area contributed by atoms with Crippen molar-refractivity contribution in [3.8, 4) is 23.0 Å². The highest BCUT2D eigenvalue weighted by Crippen LogP contribution is 2.59. The van der Waals surface area contributed by atoms with Gasteiger partial charge in [-0.05, 0) is 30.7 Å². The van der Waals surface area contributed by atoms with Crippen molar-refractivity contribution in [2.75, 3.05) is 0 Å². The molecule has 3 aliphatic rings. The molecule has 28 heavy (non-hydrogen) atoms. The van der Waals surface area contributed by atoms with Gasteiger partial charge in [0, 0.05) is 28.8 Å². The average Bonchev–Trinajstić information content (AvgIpc) is 2.94. The zero-order chi connectivity index (χ0) is 19.6. The zero-order valence-electron chi connectivity index (χ0n) is 14.4. The number of ether oxygens (including phenoxy) is 2. The van der Waals surface area contributed by atoms with Gasteiger partial charge in [-0.1, -0.05) is 12.2 Å². The number of carbonyl (C=O) groups excluding carboxylic acids is 1. The first-order valence-electron chi connectivity index (χ1n) is 8.64. The van der Waals surface area contributed by atoms with Crippen LogP contribution in [0.1, 0.15) is 17.5 Å². The highest BCUT2D eigenvalue weighted by Gasteiger charge is 2.56. The molecule has 1 fully saturated rings. The molecule has 1 saturated heterocycles. The van der Waals surface area contributed by atoms with Gasteiger partial charge in [0.1, 0.15) is 23.0 Å². The number of rotatable bonds is 1. The second kappa shape index (κ2) is 5.39. The number of benzene rings is 2. The zero-order valence-corrected chi connectivity index (χ0v) is 14.4. The Balaban J connectivity index is 1.80. The molecule has 140 valence electrons. The van der Waals surface area contributed by atoms with Gasteiger partial charge in [-0.3, -0.25) is 4.79 Å². The molecule has 0 radical (unpaired) electrons. The van der Waals surface area contributed by atoms with Gasteiger partial charge >= 0.3 is 11.9 Å². The lowest BCUT2D eigenvalue weighted by molar-refractivity contribution is -0.143. The summed E-state index contributed by atoms with van der Waals surface area (Å²) in [5.74, 6) is -1.93. The predicted octanol–water partition coefficient (Wildman–Crippen LogP) is 2.96. The molecule has 2 aliphatic heterocycles. The molecular weight excluding hydrogens is 364 g/mol. The Labute approximate surface area is 158 Å². The van der Waals surface area contributed by atoms with E-state index >= 15 is 0 Å². The van der Waals surface area contributed by atoms with E-state index < -0.39 is 23.5 Å². The summed E-state index contributed by atoms with van der Waals surface area (Å²) in [7, 11) is 0. The van der Waals surface area contributed by atoms with Crippen LogP contribution in [0.2, 0.25) is 0 Å². The number of phenolic OH excluding ortho intramolecular Hbond substituents is 2. The summed E-state index contributed by atoms with van der Waals surface area (Å²) >= 11 is 0. The van der Waals surface area contributed by atoms with Gasteiger partial charge in [-0.15, -0.1) is 0 Å². The highest BCUT2D eigenvalue weighted by atomic mass is 16.6. The molecule has 0 bridgehead atoms. The first-order valence-corrected chi connectivity index (χ1v) is 8.64. The fourth-order valence-corrected chi connectivity index (χ4v) is 4.08. The lowest BCUT2D eigenvalue weighted by Gasteiger charge is -2.37. The second-order valence-corrected chi connectivity index (χ2v) is 6.91. The minimum Gasteiger partial charge on any atom is -0.508 e. The first-order chi connectivity index (χ1) is 13.4. The number of fused-ring (bicyclic) bond motifs is 6. The van der Waals surface area contributed by atoms with Gasteiger partial charge in [0.2, 0.25) is 0 Å². The number of phenols is 2. The summed E-state index contributed by atoms with van der Waals surface area (Å²) in [5, 5.41) is 29.1. The molecular formula is C21H14O7. The molecule has 0 amide bonds. The molecule has 2 aromatic carbocycles. The number of hydrogen-bond acceptors (Lipinski definition) is 6. The van der Waals surface area contributed by atoms with E-state index in [0.717, 1.165) is 0 Å². The summed E-state index contributed by atoms with van der Waals surface area (Å²) in [5.41, 5.74) is 0.438. The normalized spacial score (nSPS) is 20.9. The van der Waals surface area contributed by atoms with E-state index in [-0.39, 0.29) is 35.0 Å². The van der Waals surface area contributed by atoms with E-state index in [4.69, 9.17) is 9.47 Å². The van der Waals surface area contributed by atoms with Crippen molar-refractivity contribution in [3.63, 3.8) is 0 Å². The molecule has 7 nitrogen and oxygen atoms in total. The van der Waals surface area contributed by atoms with Gasteiger partial charge in [-0.2, -0.15) is 0 Å². The molecule has 3 N–H and O–H groups in total. The summed E-state index contributed by atoms with van der Waals surface area (Å²) in [6.45, 7) is 0. The third-order valence-electron chi connectivity index (χ3n) is 5.31. The Morgan fingerprint density at radius 3 is 2.21 bits per heavy atom. The molecule has 2 heterocycles. The third kappa shape index (κ3) is 2.04. The summed E-state index contributed by atoms with van der Waals surface area (Å²) in [6.07, 6.45) is 3.34. The molecule has 7 heteroatoms. The van der Waals surface area contributed by atoms with Crippen LogP contribution in [-0.2, 0) is 19.9 Å². The van der Waals surface area contributed by atoms with Gasteiger partial charge in [0.15, 0.2) is 5.60 Å². The minimum absolute atomic E-state index is 0.0267. The number of allylic oxidation sites excluding steroid dienone is 1. The molecule has 1 unspecified atom stereocenters. The van der Waals surface area contributed by atoms with Crippen LogP contribution >= 0.6 is 0 Å². The van der Waals surface area contributed by atoms with E-state index in [1.54, 1.807) is 18.2 Å². The summed E-state index contributed by atoms with van der Waals surface area (Å²) < 4.78 is 11.7. The van der Waals surface area contributed by atoms with Crippen LogP contribution in [0.3, 0.4) is 0 Å². The summed E-state index contributed by atoms with van der Waals surface area (Å²) in [6, 6.07) is 8.97. The SMILES string of the molecule is O=C1OC2(C3=CCC(C(=O)O)C=C13)c1ccc(O)cc1Oc1cc(O)ccc12. The molecule has 5 rings (SSSR count). The Morgan fingerprint density at radius 1 is 1.04 bits per heavy atom. The van der Waals surface area contributed by atoms with Crippen LogP contribution in [0.4, 0.5) is 0 Å². The fraction of sp³-hybridized carbons (Fsp3) is 0.143. The van der Waals surface area contributed by atoms with Crippen molar-refractivity contribution in [2.45, 2.75) is 12.0 Å². The Morgan fingerprint density at radius 2 is 1.64 bits per heavy atom. The average molecular weight is 378 g/mol. The monoisotopic (exact) mass is 378 g/mol. The summed E-state index contributed by atoms with van der Waals surface area (Å²) in [4.78, 5) is 24.1. The largest absolute Gasteiger partial charge is 0.508 e. The Kier molecular flexibility index (Phi) is 3.16. The molecule has 1 aliphatic carbocycles. The quantitative estimate of drug-likeness (QED) is 0.654. The minimum atomic E-state index is -1.34. The van der Waals surface area contributed by atoms with Crippen LogP contribution in [0.15, 0.2) is 59.7 Å². The predicted molar refractivity (Wildman–Crippen MR) is 95.1 cm³/mol.